The molecule has 26 heavy (non-hydrogen) atoms. The van der Waals surface area contributed by atoms with Crippen molar-refractivity contribution in [1.82, 2.24) is 9.13 Å². The van der Waals surface area contributed by atoms with Gasteiger partial charge in [0.15, 0.2) is 17.1 Å². The van der Waals surface area contributed by atoms with Crippen LogP contribution in [0.3, 0.4) is 0 Å². The van der Waals surface area contributed by atoms with E-state index in [9.17, 15) is 14.9 Å². The van der Waals surface area contributed by atoms with Gasteiger partial charge in [-0.2, -0.15) is 5.26 Å². The number of benzene rings is 1. The van der Waals surface area contributed by atoms with Crippen molar-refractivity contribution in [1.29, 1.82) is 5.26 Å². The van der Waals surface area contributed by atoms with Gasteiger partial charge in [-0.05, 0) is 24.6 Å². The minimum atomic E-state index is -0.591. The van der Waals surface area contributed by atoms with Gasteiger partial charge in [-0.1, -0.05) is 6.07 Å². The molecule has 0 N–H and O–H groups in total. The van der Waals surface area contributed by atoms with Gasteiger partial charge < -0.3 is 14.4 Å². The number of aromatic nitrogens is 2. The summed E-state index contributed by atoms with van der Waals surface area (Å²) < 4.78 is 13.4. The van der Waals surface area contributed by atoms with Crippen LogP contribution in [0.15, 0.2) is 27.8 Å². The van der Waals surface area contributed by atoms with Crippen molar-refractivity contribution in [3.05, 3.63) is 50.2 Å². The van der Waals surface area contributed by atoms with Crippen LogP contribution in [0, 0.1) is 11.3 Å². The zero-order valence-corrected chi connectivity index (χ0v) is 15.0. The van der Waals surface area contributed by atoms with Gasteiger partial charge in [-0.15, -0.1) is 0 Å². The molecule has 1 aromatic carbocycles. The molecule has 0 saturated heterocycles. The molecule has 8 nitrogen and oxygen atoms in total. The lowest BCUT2D eigenvalue weighted by molar-refractivity contribution is 0.171. The lowest BCUT2D eigenvalue weighted by Gasteiger charge is -2.27. The summed E-state index contributed by atoms with van der Waals surface area (Å²) in [6.07, 6.45) is 0. The molecule has 2 heterocycles. The second-order valence-electron chi connectivity index (χ2n) is 6.01. The van der Waals surface area contributed by atoms with Crippen molar-refractivity contribution in [2.45, 2.75) is 13.5 Å². The number of anilines is 1. The van der Waals surface area contributed by atoms with E-state index in [0.29, 0.717) is 43.6 Å². The molecule has 8 heteroatoms. The molecule has 3 rings (SSSR count). The molecular weight excluding hydrogens is 336 g/mol. The predicted molar refractivity (Wildman–Crippen MR) is 95.8 cm³/mol. The van der Waals surface area contributed by atoms with Crippen molar-refractivity contribution in [3.8, 4) is 17.6 Å². The van der Waals surface area contributed by atoms with Gasteiger partial charge in [0.2, 0.25) is 0 Å². The summed E-state index contributed by atoms with van der Waals surface area (Å²) in [5.41, 5.74) is -0.182. The summed E-state index contributed by atoms with van der Waals surface area (Å²) in [5, 5.41) is 9.47. The van der Waals surface area contributed by atoms with E-state index in [-0.39, 0.29) is 5.56 Å². The van der Waals surface area contributed by atoms with E-state index in [1.807, 2.05) is 36.1 Å². The normalized spacial score (nSPS) is 12.5. The Bertz CT molecular complexity index is 1000. The molecule has 2 aromatic rings. The van der Waals surface area contributed by atoms with Crippen LogP contribution in [0.1, 0.15) is 18.1 Å². The molecule has 0 aliphatic carbocycles. The Kier molecular flexibility index (Phi) is 4.71. The fourth-order valence-corrected chi connectivity index (χ4v) is 3.04. The maximum absolute atomic E-state index is 12.3. The van der Waals surface area contributed by atoms with Crippen molar-refractivity contribution in [3.63, 3.8) is 0 Å². The quantitative estimate of drug-likeness (QED) is 0.803. The van der Waals surface area contributed by atoms with Crippen molar-refractivity contribution >= 4 is 5.82 Å². The van der Waals surface area contributed by atoms with Crippen LogP contribution in [0.2, 0.25) is 0 Å². The molecule has 0 bridgehead atoms. The average molecular weight is 356 g/mol. The third kappa shape index (κ3) is 2.92. The molecule has 0 atom stereocenters. The van der Waals surface area contributed by atoms with E-state index >= 15 is 0 Å². The molecule has 0 unspecified atom stereocenters. The number of nitriles is 1. The van der Waals surface area contributed by atoms with Crippen LogP contribution in [0.25, 0.3) is 0 Å². The Balaban J connectivity index is 2.04. The summed E-state index contributed by atoms with van der Waals surface area (Å²) >= 11 is 0. The highest BCUT2D eigenvalue weighted by Gasteiger charge is 2.21. The first-order valence-electron chi connectivity index (χ1n) is 8.31. The van der Waals surface area contributed by atoms with Crippen LogP contribution in [-0.4, -0.2) is 28.9 Å². The first-order chi connectivity index (χ1) is 12.5. The molecule has 1 aromatic heterocycles. The highest BCUT2D eigenvalue weighted by Crippen LogP contribution is 2.31. The van der Waals surface area contributed by atoms with Gasteiger partial charge in [0, 0.05) is 27.2 Å². The summed E-state index contributed by atoms with van der Waals surface area (Å²) in [7, 11) is 2.93. The standard InChI is InChI=1S/C18H20N4O4/c1-4-22(11-12-5-6-14-15(9-12)26-8-7-25-14)16-13(10-19)17(23)21(3)18(24)20(16)2/h5-6,9H,4,7-8,11H2,1-3H3. The lowest BCUT2D eigenvalue weighted by Crippen LogP contribution is -2.42. The topological polar surface area (TPSA) is 89.5 Å². The molecule has 0 saturated carbocycles. The van der Waals surface area contributed by atoms with Crippen LogP contribution >= 0.6 is 0 Å². The predicted octanol–water partition coefficient (Wildman–Crippen LogP) is 0.753. The van der Waals surface area contributed by atoms with Gasteiger partial charge in [-0.25, -0.2) is 4.79 Å². The molecule has 0 fully saturated rings. The third-order valence-electron chi connectivity index (χ3n) is 4.41. The Morgan fingerprint density at radius 1 is 1.15 bits per heavy atom. The van der Waals surface area contributed by atoms with Gasteiger partial charge in [0.1, 0.15) is 25.1 Å². The number of nitrogens with zero attached hydrogens (tertiary/aromatic N) is 4. The smallest absolute Gasteiger partial charge is 0.332 e. The zero-order valence-electron chi connectivity index (χ0n) is 15.0. The van der Waals surface area contributed by atoms with Gasteiger partial charge in [-0.3, -0.25) is 13.9 Å². The maximum atomic E-state index is 12.3. The lowest BCUT2D eigenvalue weighted by atomic mass is 10.1. The van der Waals surface area contributed by atoms with Crippen LogP contribution < -0.4 is 25.6 Å². The SMILES string of the molecule is CCN(Cc1ccc2c(c1)OCCO2)c1c(C#N)c(=O)n(C)c(=O)n1C. The molecule has 1 aliphatic rings. The van der Waals surface area contributed by atoms with Crippen LogP contribution in [0.5, 0.6) is 11.5 Å². The summed E-state index contributed by atoms with van der Waals surface area (Å²) in [6.45, 7) is 3.86. The first-order valence-corrected chi connectivity index (χ1v) is 8.31. The minimum absolute atomic E-state index is 0.0472. The molecular formula is C18H20N4O4. The fourth-order valence-electron chi connectivity index (χ4n) is 3.04. The Labute approximate surface area is 150 Å². The number of rotatable bonds is 4. The van der Waals surface area contributed by atoms with Gasteiger partial charge in [0.25, 0.3) is 5.56 Å². The zero-order chi connectivity index (χ0) is 18.8. The monoisotopic (exact) mass is 356 g/mol. The molecule has 136 valence electrons. The van der Waals surface area contributed by atoms with Gasteiger partial charge >= 0.3 is 5.69 Å². The second kappa shape index (κ2) is 6.96. The Morgan fingerprint density at radius 2 is 1.85 bits per heavy atom. The third-order valence-corrected chi connectivity index (χ3v) is 4.41. The molecule has 1 aliphatic heterocycles. The van der Waals surface area contributed by atoms with E-state index in [1.54, 1.807) is 7.05 Å². The first kappa shape index (κ1) is 17.6. The highest BCUT2D eigenvalue weighted by molar-refractivity contribution is 5.54. The number of ether oxygens (including phenoxy) is 2. The summed E-state index contributed by atoms with van der Waals surface area (Å²) in [6, 6.07) is 7.56. The maximum Gasteiger partial charge on any atom is 0.332 e. The van der Waals surface area contributed by atoms with Gasteiger partial charge in [0.05, 0.1) is 0 Å². The van der Waals surface area contributed by atoms with Crippen LogP contribution in [0.4, 0.5) is 5.82 Å². The average Bonchev–Trinajstić information content (AvgIpc) is 2.67. The largest absolute Gasteiger partial charge is 0.486 e. The van der Waals surface area contributed by atoms with E-state index < -0.39 is 11.2 Å². The molecule has 0 spiro atoms. The summed E-state index contributed by atoms with van der Waals surface area (Å²) in [4.78, 5) is 26.4. The number of hydrogen-bond donors (Lipinski definition) is 0. The van der Waals surface area contributed by atoms with E-state index in [1.165, 1.54) is 11.6 Å². The Hall–Kier alpha value is -3.21. The van der Waals surface area contributed by atoms with E-state index in [0.717, 1.165) is 10.1 Å². The minimum Gasteiger partial charge on any atom is -0.486 e. The van der Waals surface area contributed by atoms with E-state index in [4.69, 9.17) is 9.47 Å². The van der Waals surface area contributed by atoms with Crippen molar-refractivity contribution in [2.24, 2.45) is 14.1 Å². The van der Waals surface area contributed by atoms with E-state index in [2.05, 4.69) is 0 Å². The Morgan fingerprint density at radius 3 is 2.50 bits per heavy atom. The van der Waals surface area contributed by atoms with Crippen molar-refractivity contribution in [2.75, 3.05) is 24.7 Å². The second-order valence-corrected chi connectivity index (χ2v) is 6.01. The molecule has 0 radical (unpaired) electrons. The van der Waals surface area contributed by atoms with Crippen LogP contribution in [-0.2, 0) is 20.6 Å². The number of fused-ring (bicyclic) bond motifs is 1. The fraction of sp³-hybridized carbons (Fsp3) is 0.389. The molecule has 0 amide bonds. The summed E-state index contributed by atoms with van der Waals surface area (Å²) in [5.74, 6) is 1.68. The highest BCUT2D eigenvalue weighted by atomic mass is 16.6. The number of hydrogen-bond acceptors (Lipinski definition) is 6. The van der Waals surface area contributed by atoms with Crippen molar-refractivity contribution < 1.29 is 9.47 Å².